The molecule has 0 bridgehead atoms. The summed E-state index contributed by atoms with van der Waals surface area (Å²) in [6.07, 6.45) is -3.11. The molecule has 96 valence electrons. The van der Waals surface area contributed by atoms with E-state index in [-0.39, 0.29) is 12.2 Å². The van der Waals surface area contributed by atoms with Gasteiger partial charge in [0, 0.05) is 10.2 Å². The zero-order chi connectivity index (χ0) is 13.2. The van der Waals surface area contributed by atoms with Crippen LogP contribution in [0, 0.1) is 0 Å². The summed E-state index contributed by atoms with van der Waals surface area (Å²) in [5.41, 5.74) is -0.724. The highest BCUT2D eigenvalue weighted by Crippen LogP contribution is 2.36. The molecule has 0 aliphatic heterocycles. The fraction of sp³-hybridized carbons (Fsp3) is 0.200. The first-order valence-electron chi connectivity index (χ1n) is 4.91. The molecule has 0 fully saturated rings. The monoisotopic (exact) mass is 320 g/mol. The summed E-state index contributed by atoms with van der Waals surface area (Å²) in [5, 5.41) is 8.85. The molecule has 2 aromatic rings. The van der Waals surface area contributed by atoms with Crippen LogP contribution in [0.4, 0.5) is 18.9 Å². The van der Waals surface area contributed by atoms with Crippen molar-refractivity contribution in [2.45, 2.75) is 12.7 Å². The third kappa shape index (κ3) is 3.00. The molecule has 18 heavy (non-hydrogen) atoms. The number of hydrogen-bond donors (Lipinski definition) is 2. The number of rotatable bonds is 3. The van der Waals surface area contributed by atoms with E-state index in [1.54, 1.807) is 0 Å². The molecule has 0 aliphatic rings. The van der Waals surface area contributed by atoms with E-state index in [4.69, 9.17) is 0 Å². The highest BCUT2D eigenvalue weighted by molar-refractivity contribution is 9.10. The van der Waals surface area contributed by atoms with Gasteiger partial charge in [-0.15, -0.1) is 0 Å². The van der Waals surface area contributed by atoms with Crippen LogP contribution in [0.3, 0.4) is 0 Å². The number of benzene rings is 1. The van der Waals surface area contributed by atoms with Gasteiger partial charge in [-0.05, 0) is 18.2 Å². The quantitative estimate of drug-likeness (QED) is 0.913. The number of hydrogen-bond acceptors (Lipinski definition) is 3. The van der Waals surface area contributed by atoms with Gasteiger partial charge in [0.25, 0.3) is 0 Å². The topological polar surface area (TPSA) is 53.6 Å². The van der Waals surface area contributed by atoms with Crippen LogP contribution in [0.5, 0.6) is 0 Å². The number of aromatic nitrogens is 3. The lowest BCUT2D eigenvalue weighted by Crippen LogP contribution is -2.11. The van der Waals surface area contributed by atoms with Crippen molar-refractivity contribution in [2.24, 2.45) is 0 Å². The summed E-state index contributed by atoms with van der Waals surface area (Å²) in [5.74, 6) is 0.464. The molecule has 0 radical (unpaired) electrons. The van der Waals surface area contributed by atoms with Crippen LogP contribution in [0.1, 0.15) is 11.4 Å². The molecular formula is C10H8BrF3N4. The number of anilines is 1. The van der Waals surface area contributed by atoms with E-state index in [1.165, 1.54) is 18.5 Å². The molecule has 2 rings (SSSR count). The van der Waals surface area contributed by atoms with Crippen molar-refractivity contribution in [3.8, 4) is 0 Å². The van der Waals surface area contributed by atoms with E-state index < -0.39 is 11.7 Å². The van der Waals surface area contributed by atoms with Crippen molar-refractivity contribution in [3.05, 3.63) is 40.4 Å². The van der Waals surface area contributed by atoms with Crippen molar-refractivity contribution in [2.75, 3.05) is 5.32 Å². The Hall–Kier alpha value is -1.57. The van der Waals surface area contributed by atoms with E-state index in [1.807, 2.05) is 0 Å². The summed E-state index contributed by atoms with van der Waals surface area (Å²) >= 11 is 3.02. The van der Waals surface area contributed by atoms with Crippen LogP contribution in [-0.4, -0.2) is 15.2 Å². The van der Waals surface area contributed by atoms with Crippen molar-refractivity contribution >= 4 is 21.6 Å². The van der Waals surface area contributed by atoms with Crippen molar-refractivity contribution < 1.29 is 13.2 Å². The SMILES string of the molecule is FC(F)(F)c1cc(Br)ccc1NCc1ncn[nH]1. The number of nitrogens with zero attached hydrogens (tertiary/aromatic N) is 2. The van der Waals surface area contributed by atoms with Crippen molar-refractivity contribution in [3.63, 3.8) is 0 Å². The van der Waals surface area contributed by atoms with Crippen molar-refractivity contribution in [1.29, 1.82) is 0 Å². The summed E-state index contributed by atoms with van der Waals surface area (Å²) in [6, 6.07) is 3.93. The van der Waals surface area contributed by atoms with E-state index in [9.17, 15) is 13.2 Å². The van der Waals surface area contributed by atoms with Gasteiger partial charge in [0.15, 0.2) is 0 Å². The van der Waals surface area contributed by atoms with Crippen LogP contribution in [-0.2, 0) is 12.7 Å². The molecule has 1 aromatic heterocycles. The molecule has 0 spiro atoms. The van der Waals surface area contributed by atoms with Gasteiger partial charge in [0.1, 0.15) is 12.2 Å². The number of alkyl halides is 3. The van der Waals surface area contributed by atoms with Gasteiger partial charge in [-0.25, -0.2) is 4.98 Å². The van der Waals surface area contributed by atoms with Crippen LogP contribution in [0.15, 0.2) is 29.0 Å². The second-order valence-corrected chi connectivity index (χ2v) is 4.39. The molecule has 0 aliphatic carbocycles. The van der Waals surface area contributed by atoms with Gasteiger partial charge in [-0.1, -0.05) is 15.9 Å². The van der Waals surface area contributed by atoms with Crippen molar-refractivity contribution in [1.82, 2.24) is 15.2 Å². The highest BCUT2D eigenvalue weighted by Gasteiger charge is 2.33. The Labute approximate surface area is 109 Å². The van der Waals surface area contributed by atoms with Gasteiger partial charge >= 0.3 is 6.18 Å². The molecule has 2 N–H and O–H groups in total. The Morgan fingerprint density at radius 3 is 2.72 bits per heavy atom. The highest BCUT2D eigenvalue weighted by atomic mass is 79.9. The maximum atomic E-state index is 12.8. The summed E-state index contributed by atoms with van der Waals surface area (Å²) in [4.78, 5) is 3.82. The summed E-state index contributed by atoms with van der Waals surface area (Å²) in [6.45, 7) is 0.144. The van der Waals surface area contributed by atoms with E-state index in [0.29, 0.717) is 10.3 Å². The second kappa shape index (κ2) is 4.97. The Balaban J connectivity index is 2.22. The Kier molecular flexibility index (Phi) is 3.55. The average molecular weight is 321 g/mol. The third-order valence-corrected chi connectivity index (χ3v) is 2.69. The number of halogens is 4. The van der Waals surface area contributed by atoms with E-state index in [0.717, 1.165) is 6.07 Å². The first-order valence-corrected chi connectivity index (χ1v) is 5.71. The molecular weight excluding hydrogens is 313 g/mol. The lowest BCUT2D eigenvalue weighted by atomic mass is 10.1. The van der Waals surface area contributed by atoms with Crippen LogP contribution in [0.2, 0.25) is 0 Å². The molecule has 0 amide bonds. The van der Waals surface area contributed by atoms with Gasteiger partial charge in [0.2, 0.25) is 0 Å². The fourth-order valence-corrected chi connectivity index (χ4v) is 1.76. The molecule has 0 saturated carbocycles. The maximum absolute atomic E-state index is 12.8. The molecule has 0 unspecified atom stereocenters. The predicted molar refractivity (Wildman–Crippen MR) is 62.9 cm³/mol. The predicted octanol–water partition coefficient (Wildman–Crippen LogP) is 3.20. The van der Waals surface area contributed by atoms with Gasteiger partial charge in [-0.3, -0.25) is 5.10 Å². The first kappa shape index (κ1) is 12.9. The second-order valence-electron chi connectivity index (χ2n) is 3.47. The average Bonchev–Trinajstić information content (AvgIpc) is 2.79. The molecule has 0 atom stereocenters. The zero-order valence-electron chi connectivity index (χ0n) is 8.92. The lowest BCUT2D eigenvalue weighted by Gasteiger charge is -2.14. The normalized spacial score (nSPS) is 11.6. The molecule has 0 saturated heterocycles. The number of H-pyrrole nitrogens is 1. The van der Waals surface area contributed by atoms with Crippen LogP contribution in [0.25, 0.3) is 0 Å². The fourth-order valence-electron chi connectivity index (χ4n) is 1.40. The first-order chi connectivity index (χ1) is 8.47. The molecule has 1 heterocycles. The van der Waals surface area contributed by atoms with Gasteiger partial charge in [-0.2, -0.15) is 18.3 Å². The molecule has 1 aromatic carbocycles. The molecule has 4 nitrogen and oxygen atoms in total. The van der Waals surface area contributed by atoms with Crippen LogP contribution < -0.4 is 5.32 Å². The van der Waals surface area contributed by atoms with E-state index in [2.05, 4.69) is 36.4 Å². The van der Waals surface area contributed by atoms with Gasteiger partial charge < -0.3 is 5.32 Å². The number of nitrogens with one attached hydrogen (secondary N) is 2. The van der Waals surface area contributed by atoms with Crippen LogP contribution >= 0.6 is 15.9 Å². The summed E-state index contributed by atoms with van der Waals surface area (Å²) in [7, 11) is 0. The minimum atomic E-state index is -4.41. The minimum Gasteiger partial charge on any atom is -0.377 e. The van der Waals surface area contributed by atoms with Gasteiger partial charge in [0.05, 0.1) is 12.1 Å². The minimum absolute atomic E-state index is 0.00194. The Morgan fingerprint density at radius 2 is 2.11 bits per heavy atom. The summed E-state index contributed by atoms with van der Waals surface area (Å²) < 4.78 is 38.8. The third-order valence-electron chi connectivity index (χ3n) is 2.20. The smallest absolute Gasteiger partial charge is 0.377 e. The standard InChI is InChI=1S/C10H8BrF3N4/c11-6-1-2-8(7(3-6)10(12,13)14)15-4-9-16-5-17-18-9/h1-3,5,15H,4H2,(H,16,17,18). The largest absolute Gasteiger partial charge is 0.418 e. The zero-order valence-corrected chi connectivity index (χ0v) is 10.5. The molecule has 8 heteroatoms. The Bertz CT molecular complexity index is 524. The maximum Gasteiger partial charge on any atom is 0.418 e. The Morgan fingerprint density at radius 1 is 1.33 bits per heavy atom. The lowest BCUT2D eigenvalue weighted by molar-refractivity contribution is -0.137. The number of aromatic amines is 1. The van der Waals surface area contributed by atoms with E-state index >= 15 is 0 Å².